The SMILES string of the molecule is Cc1ccc(NC(=O)c2cc(C(F)(F)F)ccn2)cc1C1=Cc2cnc(Nc3cnn(C)c3)nc2N2CCN=C12. The molecule has 2 N–H and O–H groups in total. The summed E-state index contributed by atoms with van der Waals surface area (Å²) in [6, 6.07) is 6.85. The molecule has 4 aromatic rings. The molecular formula is C27H22F3N9O. The first-order valence-corrected chi connectivity index (χ1v) is 12.3. The molecule has 0 radical (unpaired) electrons. The van der Waals surface area contributed by atoms with Crippen LogP contribution in [-0.4, -0.2) is 49.6 Å². The summed E-state index contributed by atoms with van der Waals surface area (Å²) in [5.41, 5.74) is 3.26. The molecule has 0 saturated carbocycles. The van der Waals surface area contributed by atoms with Crippen molar-refractivity contribution >= 4 is 46.5 Å². The molecule has 0 atom stereocenters. The maximum atomic E-state index is 13.1. The maximum absolute atomic E-state index is 13.1. The number of amidine groups is 1. The summed E-state index contributed by atoms with van der Waals surface area (Å²) in [5.74, 6) is 1.15. The predicted octanol–water partition coefficient (Wildman–Crippen LogP) is 4.70. The van der Waals surface area contributed by atoms with Crippen LogP contribution >= 0.6 is 0 Å². The Labute approximate surface area is 226 Å². The lowest BCUT2D eigenvalue weighted by molar-refractivity contribution is -0.137. The number of nitrogens with zero attached hydrogens (tertiary/aromatic N) is 7. The quantitative estimate of drug-likeness (QED) is 0.374. The minimum Gasteiger partial charge on any atom is -0.321 e. The van der Waals surface area contributed by atoms with E-state index in [4.69, 9.17) is 9.98 Å². The van der Waals surface area contributed by atoms with Crippen molar-refractivity contribution in [2.75, 3.05) is 28.6 Å². The van der Waals surface area contributed by atoms with Crippen LogP contribution < -0.4 is 15.5 Å². The number of hydrogen-bond donors (Lipinski definition) is 2. The maximum Gasteiger partial charge on any atom is 0.416 e. The Morgan fingerprint density at radius 1 is 1.07 bits per heavy atom. The van der Waals surface area contributed by atoms with Crippen molar-refractivity contribution < 1.29 is 18.0 Å². The van der Waals surface area contributed by atoms with Crippen LogP contribution in [-0.2, 0) is 13.2 Å². The topological polar surface area (TPSA) is 113 Å². The number of alkyl halides is 3. The van der Waals surface area contributed by atoms with Crippen molar-refractivity contribution in [2.45, 2.75) is 13.1 Å². The first kappa shape index (κ1) is 25.2. The zero-order valence-electron chi connectivity index (χ0n) is 21.4. The molecule has 2 aliphatic heterocycles. The van der Waals surface area contributed by atoms with Crippen LogP contribution in [0.1, 0.15) is 32.7 Å². The number of amides is 1. The number of halogens is 3. The van der Waals surface area contributed by atoms with Gasteiger partial charge in [-0.3, -0.25) is 19.5 Å². The highest BCUT2D eigenvalue weighted by Gasteiger charge is 2.32. The molecule has 0 aliphatic carbocycles. The van der Waals surface area contributed by atoms with Crippen molar-refractivity contribution in [2.24, 2.45) is 12.0 Å². The molecule has 13 heteroatoms. The van der Waals surface area contributed by atoms with E-state index in [1.54, 1.807) is 29.2 Å². The third-order valence-corrected chi connectivity index (χ3v) is 6.50. The van der Waals surface area contributed by atoms with Crippen molar-refractivity contribution in [3.63, 3.8) is 0 Å². The third-order valence-electron chi connectivity index (χ3n) is 6.50. The van der Waals surface area contributed by atoms with Crippen LogP contribution in [0.5, 0.6) is 0 Å². The number of rotatable bonds is 5. The number of pyridine rings is 1. The van der Waals surface area contributed by atoms with Gasteiger partial charge < -0.3 is 15.5 Å². The second-order valence-corrected chi connectivity index (χ2v) is 9.33. The molecule has 202 valence electrons. The molecule has 0 unspecified atom stereocenters. The standard InChI is InChI=1S/C27H22F3N9O/c1-15-3-4-18(35-25(40)22-10-17(5-6-31-22)27(28,29)30)11-20(15)21-9-16-12-33-26(36-19-13-34-38(2)14-19)37-23(16)39-8-7-32-24(21)39/h3-6,9-14H,7-8H2,1-2H3,(H,35,40)(H,33,36,37). The number of hydrogen-bond acceptors (Lipinski definition) is 8. The minimum atomic E-state index is -4.58. The predicted molar refractivity (Wildman–Crippen MR) is 144 cm³/mol. The Morgan fingerprint density at radius 3 is 2.70 bits per heavy atom. The summed E-state index contributed by atoms with van der Waals surface area (Å²) in [6.07, 6.45) is 3.58. The first-order chi connectivity index (χ1) is 19.2. The van der Waals surface area contributed by atoms with Gasteiger partial charge in [-0.15, -0.1) is 0 Å². The van der Waals surface area contributed by atoms with E-state index in [2.05, 4.69) is 25.7 Å². The van der Waals surface area contributed by atoms with E-state index >= 15 is 0 Å². The van der Waals surface area contributed by atoms with E-state index in [0.29, 0.717) is 24.7 Å². The molecule has 0 saturated heterocycles. The zero-order valence-corrected chi connectivity index (χ0v) is 21.4. The Hall–Kier alpha value is -5.07. The number of carbonyl (C=O) groups excluding carboxylic acids is 1. The lowest BCUT2D eigenvalue weighted by Crippen LogP contribution is -2.32. The highest BCUT2D eigenvalue weighted by molar-refractivity contribution is 6.36. The third kappa shape index (κ3) is 4.77. The molecule has 6 rings (SSSR count). The molecule has 40 heavy (non-hydrogen) atoms. The Balaban J connectivity index is 1.31. The summed E-state index contributed by atoms with van der Waals surface area (Å²) < 4.78 is 41.0. The van der Waals surface area contributed by atoms with Crippen LogP contribution in [0.2, 0.25) is 0 Å². The van der Waals surface area contributed by atoms with E-state index < -0.39 is 17.6 Å². The van der Waals surface area contributed by atoms with Gasteiger partial charge in [-0.05, 0) is 48.4 Å². The number of aryl methyl sites for hydroxylation is 2. The second kappa shape index (κ2) is 9.59. The fourth-order valence-corrected chi connectivity index (χ4v) is 4.59. The highest BCUT2D eigenvalue weighted by atomic mass is 19.4. The molecule has 10 nitrogen and oxygen atoms in total. The average Bonchev–Trinajstić information content (AvgIpc) is 3.58. The Morgan fingerprint density at radius 2 is 1.93 bits per heavy atom. The van der Waals surface area contributed by atoms with E-state index in [-0.39, 0.29) is 5.69 Å². The zero-order chi connectivity index (χ0) is 28.0. The van der Waals surface area contributed by atoms with Crippen molar-refractivity contribution in [1.29, 1.82) is 0 Å². The summed E-state index contributed by atoms with van der Waals surface area (Å²) >= 11 is 0. The molecule has 5 heterocycles. The molecular weight excluding hydrogens is 523 g/mol. The fraction of sp³-hybridized carbons (Fsp3) is 0.185. The monoisotopic (exact) mass is 545 g/mol. The van der Waals surface area contributed by atoms with Gasteiger partial charge in [-0.25, -0.2) is 4.98 Å². The largest absolute Gasteiger partial charge is 0.416 e. The second-order valence-electron chi connectivity index (χ2n) is 9.33. The van der Waals surface area contributed by atoms with Gasteiger partial charge in [-0.1, -0.05) is 6.07 Å². The molecule has 0 bridgehead atoms. The van der Waals surface area contributed by atoms with Gasteiger partial charge in [0, 0.05) is 49.0 Å². The van der Waals surface area contributed by atoms with Gasteiger partial charge in [-0.2, -0.15) is 23.3 Å². The first-order valence-electron chi connectivity index (χ1n) is 12.3. The van der Waals surface area contributed by atoms with Gasteiger partial charge in [0.25, 0.3) is 5.91 Å². The lowest BCUT2D eigenvalue weighted by Gasteiger charge is -2.28. The van der Waals surface area contributed by atoms with Crippen molar-refractivity contribution in [1.82, 2.24) is 24.7 Å². The van der Waals surface area contributed by atoms with E-state index in [9.17, 15) is 18.0 Å². The van der Waals surface area contributed by atoms with Crippen LogP contribution in [0.4, 0.5) is 36.3 Å². The normalized spacial score (nSPS) is 14.3. The summed E-state index contributed by atoms with van der Waals surface area (Å²) in [7, 11) is 1.82. The highest BCUT2D eigenvalue weighted by Crippen LogP contribution is 2.37. The van der Waals surface area contributed by atoms with Gasteiger partial charge in [0.15, 0.2) is 0 Å². The number of fused-ring (bicyclic) bond motifs is 3. The molecule has 1 aromatic carbocycles. The molecule has 1 amide bonds. The lowest BCUT2D eigenvalue weighted by atomic mass is 9.94. The summed E-state index contributed by atoms with van der Waals surface area (Å²) in [4.78, 5) is 32.5. The summed E-state index contributed by atoms with van der Waals surface area (Å²) in [6.45, 7) is 3.15. The van der Waals surface area contributed by atoms with E-state index in [1.165, 1.54) is 0 Å². The minimum absolute atomic E-state index is 0.332. The summed E-state index contributed by atoms with van der Waals surface area (Å²) in [5, 5.41) is 9.97. The van der Waals surface area contributed by atoms with E-state index in [0.717, 1.165) is 57.9 Å². The van der Waals surface area contributed by atoms with Gasteiger partial charge in [0.1, 0.15) is 17.3 Å². The number of anilines is 4. The Kier molecular flexibility index (Phi) is 6.05. The fourth-order valence-electron chi connectivity index (χ4n) is 4.59. The average molecular weight is 546 g/mol. The number of aliphatic imine (C=N–C) groups is 1. The van der Waals surface area contributed by atoms with Crippen molar-refractivity contribution in [3.05, 3.63) is 83.1 Å². The molecule has 0 fully saturated rings. The molecule has 0 spiro atoms. The smallest absolute Gasteiger partial charge is 0.321 e. The number of benzene rings is 1. The Bertz CT molecular complexity index is 1710. The van der Waals surface area contributed by atoms with Crippen LogP contribution in [0.15, 0.2) is 60.1 Å². The van der Waals surface area contributed by atoms with E-state index in [1.807, 2.05) is 37.2 Å². The number of carbonyl (C=O) groups is 1. The van der Waals surface area contributed by atoms with Crippen LogP contribution in [0.25, 0.3) is 11.6 Å². The number of nitrogens with one attached hydrogen (secondary N) is 2. The van der Waals surface area contributed by atoms with Crippen LogP contribution in [0.3, 0.4) is 0 Å². The van der Waals surface area contributed by atoms with Gasteiger partial charge in [0.05, 0.1) is 24.0 Å². The molecule has 2 aliphatic rings. The van der Waals surface area contributed by atoms with Gasteiger partial charge >= 0.3 is 6.18 Å². The number of aromatic nitrogens is 5. The molecule has 3 aromatic heterocycles. The van der Waals surface area contributed by atoms with Gasteiger partial charge in [0.2, 0.25) is 5.95 Å². The van der Waals surface area contributed by atoms with Crippen molar-refractivity contribution in [3.8, 4) is 0 Å². The van der Waals surface area contributed by atoms with Crippen LogP contribution in [0, 0.1) is 6.92 Å².